The molecule has 0 aliphatic rings. The molecule has 108 valence electrons. The molecule has 0 amide bonds. The minimum Gasteiger partial charge on any atom is -0.382 e. The molecule has 2 aromatic heterocycles. The van der Waals surface area contributed by atoms with E-state index >= 15 is 0 Å². The van der Waals surface area contributed by atoms with Crippen LogP contribution in [-0.4, -0.2) is 14.6 Å². The lowest BCUT2D eigenvalue weighted by molar-refractivity contribution is 0.794. The standard InChI is InChI=1S/C16H19N5/c1-3-4-14-20-15(16(17)21(14)18)12-7-8-13-11(9-12)6-5-10(2)19-13/h5-9H,3-4,17-18H2,1-2H3. The van der Waals surface area contributed by atoms with E-state index in [1.165, 1.54) is 4.68 Å². The Labute approximate surface area is 123 Å². The van der Waals surface area contributed by atoms with E-state index in [0.29, 0.717) is 5.82 Å². The van der Waals surface area contributed by atoms with E-state index in [-0.39, 0.29) is 0 Å². The van der Waals surface area contributed by atoms with E-state index in [1.54, 1.807) is 0 Å². The molecule has 0 unspecified atom stereocenters. The Kier molecular flexibility index (Phi) is 3.25. The first-order valence-corrected chi connectivity index (χ1v) is 7.10. The van der Waals surface area contributed by atoms with Gasteiger partial charge in [-0.2, -0.15) is 0 Å². The highest BCUT2D eigenvalue weighted by Gasteiger charge is 2.14. The second kappa shape index (κ2) is 5.09. The number of aryl methyl sites for hydroxylation is 2. The maximum absolute atomic E-state index is 6.09. The van der Waals surface area contributed by atoms with Crippen LogP contribution in [0.1, 0.15) is 24.9 Å². The van der Waals surface area contributed by atoms with Crippen molar-refractivity contribution in [3.63, 3.8) is 0 Å². The van der Waals surface area contributed by atoms with Gasteiger partial charge in [-0.3, -0.25) is 4.98 Å². The molecule has 0 aliphatic heterocycles. The van der Waals surface area contributed by atoms with Gasteiger partial charge in [-0.05, 0) is 31.5 Å². The van der Waals surface area contributed by atoms with E-state index in [1.807, 2.05) is 25.1 Å². The van der Waals surface area contributed by atoms with Crippen LogP contribution in [0.5, 0.6) is 0 Å². The predicted molar refractivity (Wildman–Crippen MR) is 86.3 cm³/mol. The number of pyridine rings is 1. The lowest BCUT2D eigenvalue weighted by Crippen LogP contribution is -2.15. The normalized spacial score (nSPS) is 11.1. The molecule has 0 spiro atoms. The van der Waals surface area contributed by atoms with Gasteiger partial charge in [0.25, 0.3) is 0 Å². The van der Waals surface area contributed by atoms with Crippen LogP contribution < -0.4 is 11.6 Å². The van der Waals surface area contributed by atoms with Gasteiger partial charge in [-0.1, -0.05) is 19.1 Å². The largest absolute Gasteiger partial charge is 0.382 e. The van der Waals surface area contributed by atoms with Gasteiger partial charge in [0.1, 0.15) is 11.5 Å². The summed E-state index contributed by atoms with van der Waals surface area (Å²) in [4.78, 5) is 9.09. The lowest BCUT2D eigenvalue weighted by atomic mass is 10.1. The number of nitrogen functional groups attached to an aromatic ring is 2. The molecule has 0 aliphatic carbocycles. The van der Waals surface area contributed by atoms with E-state index in [0.717, 1.165) is 46.5 Å². The fourth-order valence-corrected chi connectivity index (χ4v) is 2.48. The SMILES string of the molecule is CCCc1nc(-c2ccc3nc(C)ccc3c2)c(N)n1N. The van der Waals surface area contributed by atoms with Gasteiger partial charge in [0.05, 0.1) is 5.52 Å². The fraction of sp³-hybridized carbons (Fsp3) is 0.250. The molecule has 3 rings (SSSR count). The molecule has 3 aromatic rings. The molecule has 0 radical (unpaired) electrons. The molecule has 0 bridgehead atoms. The summed E-state index contributed by atoms with van der Waals surface area (Å²) in [5.74, 6) is 7.29. The van der Waals surface area contributed by atoms with Crippen LogP contribution in [0.2, 0.25) is 0 Å². The Balaban J connectivity index is 2.12. The zero-order valence-electron chi connectivity index (χ0n) is 12.3. The zero-order chi connectivity index (χ0) is 15.0. The molecule has 5 heteroatoms. The number of hydrogen-bond acceptors (Lipinski definition) is 4. The van der Waals surface area contributed by atoms with E-state index in [4.69, 9.17) is 11.6 Å². The van der Waals surface area contributed by atoms with Crippen molar-refractivity contribution in [1.29, 1.82) is 0 Å². The maximum atomic E-state index is 6.09. The molecule has 21 heavy (non-hydrogen) atoms. The number of anilines is 1. The minimum absolute atomic E-state index is 0.498. The minimum atomic E-state index is 0.498. The zero-order valence-corrected chi connectivity index (χ0v) is 12.3. The molecule has 0 fully saturated rings. The smallest absolute Gasteiger partial charge is 0.150 e. The second-order valence-corrected chi connectivity index (χ2v) is 5.24. The topological polar surface area (TPSA) is 82.8 Å². The number of benzene rings is 1. The Hall–Kier alpha value is -2.56. The van der Waals surface area contributed by atoms with Crippen LogP contribution in [0.25, 0.3) is 22.2 Å². The van der Waals surface area contributed by atoms with Crippen LogP contribution >= 0.6 is 0 Å². The molecule has 1 aromatic carbocycles. The first kappa shape index (κ1) is 13.4. The summed E-state index contributed by atoms with van der Waals surface area (Å²) in [5.41, 5.74) is 9.77. The average Bonchev–Trinajstić information content (AvgIpc) is 2.76. The number of aromatic nitrogens is 3. The van der Waals surface area contributed by atoms with Crippen molar-refractivity contribution >= 4 is 16.7 Å². The van der Waals surface area contributed by atoms with Crippen molar-refractivity contribution in [3.8, 4) is 11.3 Å². The van der Waals surface area contributed by atoms with Gasteiger partial charge in [0, 0.05) is 23.1 Å². The van der Waals surface area contributed by atoms with Gasteiger partial charge in [-0.25, -0.2) is 9.66 Å². The van der Waals surface area contributed by atoms with E-state index in [9.17, 15) is 0 Å². The Morgan fingerprint density at radius 3 is 2.71 bits per heavy atom. The molecule has 0 saturated heterocycles. The number of fused-ring (bicyclic) bond motifs is 1. The van der Waals surface area contributed by atoms with Gasteiger partial charge < -0.3 is 11.6 Å². The summed E-state index contributed by atoms with van der Waals surface area (Å²) in [7, 11) is 0. The summed E-state index contributed by atoms with van der Waals surface area (Å²) in [6.07, 6.45) is 1.79. The van der Waals surface area contributed by atoms with Crippen LogP contribution in [0, 0.1) is 6.92 Å². The summed E-state index contributed by atoms with van der Waals surface area (Å²) >= 11 is 0. The number of rotatable bonds is 3. The summed E-state index contributed by atoms with van der Waals surface area (Å²) in [6, 6.07) is 10.1. The highest BCUT2D eigenvalue weighted by Crippen LogP contribution is 2.28. The van der Waals surface area contributed by atoms with Crippen LogP contribution in [-0.2, 0) is 6.42 Å². The van der Waals surface area contributed by atoms with Gasteiger partial charge in [-0.15, -0.1) is 0 Å². The van der Waals surface area contributed by atoms with Crippen molar-refractivity contribution in [2.24, 2.45) is 0 Å². The van der Waals surface area contributed by atoms with Gasteiger partial charge >= 0.3 is 0 Å². The highest BCUT2D eigenvalue weighted by atomic mass is 15.4. The molecular weight excluding hydrogens is 262 g/mol. The van der Waals surface area contributed by atoms with Crippen molar-refractivity contribution in [3.05, 3.63) is 41.9 Å². The van der Waals surface area contributed by atoms with Crippen molar-refractivity contribution in [2.75, 3.05) is 11.6 Å². The summed E-state index contributed by atoms with van der Waals surface area (Å²) < 4.78 is 1.48. The molecule has 0 atom stereocenters. The third kappa shape index (κ3) is 2.31. The number of hydrogen-bond donors (Lipinski definition) is 2. The molecule has 0 saturated carbocycles. The average molecular weight is 281 g/mol. The fourth-order valence-electron chi connectivity index (χ4n) is 2.48. The predicted octanol–water partition coefficient (Wildman–Crippen LogP) is 2.66. The summed E-state index contributed by atoms with van der Waals surface area (Å²) in [6.45, 7) is 4.08. The number of imidazole rings is 1. The first-order chi connectivity index (χ1) is 10.1. The quantitative estimate of drug-likeness (QED) is 0.723. The monoisotopic (exact) mass is 281 g/mol. The molecule has 4 N–H and O–H groups in total. The van der Waals surface area contributed by atoms with Gasteiger partial charge in [0.15, 0.2) is 5.82 Å². The maximum Gasteiger partial charge on any atom is 0.150 e. The molecular formula is C16H19N5. The lowest BCUT2D eigenvalue weighted by Gasteiger charge is -2.03. The van der Waals surface area contributed by atoms with Crippen LogP contribution in [0.4, 0.5) is 5.82 Å². The van der Waals surface area contributed by atoms with Gasteiger partial charge in [0.2, 0.25) is 0 Å². The third-order valence-electron chi connectivity index (χ3n) is 3.60. The van der Waals surface area contributed by atoms with E-state index < -0.39 is 0 Å². The van der Waals surface area contributed by atoms with E-state index in [2.05, 4.69) is 29.0 Å². The van der Waals surface area contributed by atoms with Crippen LogP contribution in [0.15, 0.2) is 30.3 Å². The van der Waals surface area contributed by atoms with Crippen molar-refractivity contribution in [2.45, 2.75) is 26.7 Å². The molecule has 2 heterocycles. The van der Waals surface area contributed by atoms with Crippen molar-refractivity contribution < 1.29 is 0 Å². The Bertz CT molecular complexity index is 804. The highest BCUT2D eigenvalue weighted by molar-refractivity contribution is 5.85. The first-order valence-electron chi connectivity index (χ1n) is 7.10. The number of nitrogens with two attached hydrogens (primary N) is 2. The Morgan fingerprint density at radius 1 is 1.14 bits per heavy atom. The van der Waals surface area contributed by atoms with Crippen molar-refractivity contribution in [1.82, 2.24) is 14.6 Å². The third-order valence-corrected chi connectivity index (χ3v) is 3.60. The van der Waals surface area contributed by atoms with Crippen LogP contribution in [0.3, 0.4) is 0 Å². The Morgan fingerprint density at radius 2 is 1.95 bits per heavy atom. The second-order valence-electron chi connectivity index (χ2n) is 5.24. The number of nitrogens with zero attached hydrogens (tertiary/aromatic N) is 3. The molecule has 5 nitrogen and oxygen atoms in total. The summed E-state index contributed by atoms with van der Waals surface area (Å²) in [5, 5.41) is 1.07.